The number of nitrogens with two attached hydrogens (primary N) is 1. The second kappa shape index (κ2) is 6.04. The topological polar surface area (TPSA) is 35.2 Å². The summed E-state index contributed by atoms with van der Waals surface area (Å²) in [7, 11) is 0. The third-order valence-corrected chi connectivity index (χ3v) is 3.12. The molecule has 0 spiro atoms. The number of ether oxygens (including phenoxy) is 1. The maximum absolute atomic E-state index is 13.1. The summed E-state index contributed by atoms with van der Waals surface area (Å²) in [6.07, 6.45) is -0.276. The first-order valence-corrected chi connectivity index (χ1v) is 6.36. The summed E-state index contributed by atoms with van der Waals surface area (Å²) in [6.45, 7) is 2.35. The van der Waals surface area contributed by atoms with Gasteiger partial charge in [-0.1, -0.05) is 41.4 Å². The molecule has 0 aliphatic carbocycles. The zero-order chi connectivity index (χ0) is 13.8. The standard InChI is InChI=1S/C15H15ClFNO/c1-10-2-4-11(5-3-10)15(9-18)19-12-6-7-14(17)13(16)8-12/h2-8,15H,9,18H2,1H3. The number of hydrogen-bond donors (Lipinski definition) is 1. The van der Waals surface area contributed by atoms with Crippen molar-refractivity contribution in [3.05, 3.63) is 64.4 Å². The van der Waals surface area contributed by atoms with Crippen LogP contribution < -0.4 is 10.5 Å². The molecular formula is C15H15ClFNO. The van der Waals surface area contributed by atoms with Gasteiger partial charge in [0.1, 0.15) is 17.7 Å². The van der Waals surface area contributed by atoms with E-state index in [1.165, 1.54) is 23.8 Å². The maximum Gasteiger partial charge on any atom is 0.142 e. The Hall–Kier alpha value is -1.58. The molecule has 1 atom stereocenters. The van der Waals surface area contributed by atoms with E-state index in [1.807, 2.05) is 31.2 Å². The van der Waals surface area contributed by atoms with Crippen LogP contribution >= 0.6 is 11.6 Å². The zero-order valence-corrected chi connectivity index (χ0v) is 11.3. The molecule has 2 rings (SSSR count). The SMILES string of the molecule is Cc1ccc(C(CN)Oc2ccc(F)c(Cl)c2)cc1. The number of benzene rings is 2. The largest absolute Gasteiger partial charge is 0.484 e. The first-order valence-electron chi connectivity index (χ1n) is 5.98. The molecule has 0 bridgehead atoms. The third kappa shape index (κ3) is 3.46. The average Bonchev–Trinajstić information content (AvgIpc) is 2.41. The molecule has 1 unspecified atom stereocenters. The van der Waals surface area contributed by atoms with Crippen LogP contribution in [0.3, 0.4) is 0 Å². The van der Waals surface area contributed by atoms with Crippen LogP contribution in [0, 0.1) is 12.7 Å². The lowest BCUT2D eigenvalue weighted by atomic mass is 10.1. The van der Waals surface area contributed by atoms with Crippen LogP contribution in [0.1, 0.15) is 17.2 Å². The Morgan fingerprint density at radius 3 is 2.47 bits per heavy atom. The summed E-state index contributed by atoms with van der Waals surface area (Å²) in [5.74, 6) is 0.0380. The van der Waals surface area contributed by atoms with Gasteiger partial charge in [-0.25, -0.2) is 4.39 Å². The van der Waals surface area contributed by atoms with E-state index in [-0.39, 0.29) is 11.1 Å². The lowest BCUT2D eigenvalue weighted by Crippen LogP contribution is -2.18. The molecule has 2 aromatic rings. The van der Waals surface area contributed by atoms with Gasteiger partial charge in [-0.05, 0) is 24.6 Å². The molecule has 0 aliphatic rings. The van der Waals surface area contributed by atoms with Crippen LogP contribution in [-0.2, 0) is 0 Å². The minimum atomic E-state index is -0.464. The minimum absolute atomic E-state index is 0.0391. The van der Waals surface area contributed by atoms with E-state index >= 15 is 0 Å². The van der Waals surface area contributed by atoms with Gasteiger partial charge in [0.15, 0.2) is 0 Å². The van der Waals surface area contributed by atoms with Crippen molar-refractivity contribution in [1.29, 1.82) is 0 Å². The van der Waals surface area contributed by atoms with Crippen molar-refractivity contribution >= 4 is 11.6 Å². The summed E-state index contributed by atoms with van der Waals surface area (Å²) in [5.41, 5.74) is 7.88. The summed E-state index contributed by atoms with van der Waals surface area (Å²) in [6, 6.07) is 12.2. The van der Waals surface area contributed by atoms with E-state index < -0.39 is 5.82 Å². The minimum Gasteiger partial charge on any atom is -0.484 e. The van der Waals surface area contributed by atoms with E-state index in [0.29, 0.717) is 12.3 Å². The number of rotatable bonds is 4. The number of halogens is 2. The van der Waals surface area contributed by atoms with Gasteiger partial charge in [-0.3, -0.25) is 0 Å². The second-order valence-corrected chi connectivity index (χ2v) is 4.74. The van der Waals surface area contributed by atoms with Gasteiger partial charge < -0.3 is 10.5 Å². The molecule has 2 N–H and O–H groups in total. The molecule has 2 nitrogen and oxygen atoms in total. The molecule has 0 aliphatic heterocycles. The first kappa shape index (κ1) is 13.8. The predicted octanol–water partition coefficient (Wildman–Crippen LogP) is 3.87. The zero-order valence-electron chi connectivity index (χ0n) is 10.6. The molecule has 0 amide bonds. The van der Waals surface area contributed by atoms with Crippen molar-refractivity contribution in [2.45, 2.75) is 13.0 Å². The fourth-order valence-corrected chi connectivity index (χ4v) is 1.92. The molecule has 0 radical (unpaired) electrons. The van der Waals surface area contributed by atoms with E-state index in [1.54, 1.807) is 0 Å². The van der Waals surface area contributed by atoms with Gasteiger partial charge in [0.25, 0.3) is 0 Å². The Labute approximate surface area is 117 Å². The highest BCUT2D eigenvalue weighted by atomic mass is 35.5. The fourth-order valence-electron chi connectivity index (χ4n) is 1.75. The Bertz CT molecular complexity index is 557. The van der Waals surface area contributed by atoms with Gasteiger partial charge >= 0.3 is 0 Å². The lowest BCUT2D eigenvalue weighted by Gasteiger charge is -2.18. The lowest BCUT2D eigenvalue weighted by molar-refractivity contribution is 0.214. The van der Waals surface area contributed by atoms with Crippen molar-refractivity contribution < 1.29 is 9.13 Å². The van der Waals surface area contributed by atoms with Crippen molar-refractivity contribution in [1.82, 2.24) is 0 Å². The summed E-state index contributed by atoms with van der Waals surface area (Å²) in [5, 5.41) is 0.0391. The van der Waals surface area contributed by atoms with E-state index in [4.69, 9.17) is 22.1 Å². The normalized spacial score (nSPS) is 12.2. The molecule has 0 saturated heterocycles. The van der Waals surface area contributed by atoms with Crippen LogP contribution in [0.15, 0.2) is 42.5 Å². The van der Waals surface area contributed by atoms with Crippen LogP contribution in [-0.4, -0.2) is 6.54 Å². The summed E-state index contributed by atoms with van der Waals surface area (Å²) >= 11 is 5.72. The third-order valence-electron chi connectivity index (χ3n) is 2.83. The highest BCUT2D eigenvalue weighted by molar-refractivity contribution is 6.30. The first-order chi connectivity index (χ1) is 9.10. The van der Waals surface area contributed by atoms with Gasteiger partial charge in [-0.15, -0.1) is 0 Å². The fraction of sp³-hybridized carbons (Fsp3) is 0.200. The van der Waals surface area contributed by atoms with Gasteiger partial charge in [0.2, 0.25) is 0 Å². The molecule has 4 heteroatoms. The molecule has 100 valence electrons. The van der Waals surface area contributed by atoms with Gasteiger partial charge in [0.05, 0.1) is 5.02 Å². The van der Waals surface area contributed by atoms with Crippen LogP contribution in [0.4, 0.5) is 4.39 Å². The highest BCUT2D eigenvalue weighted by Crippen LogP contribution is 2.26. The number of hydrogen-bond acceptors (Lipinski definition) is 2. The quantitative estimate of drug-likeness (QED) is 0.922. The molecule has 0 fully saturated rings. The second-order valence-electron chi connectivity index (χ2n) is 4.33. The summed E-state index contributed by atoms with van der Waals surface area (Å²) < 4.78 is 18.8. The molecule has 0 heterocycles. The maximum atomic E-state index is 13.1. The van der Waals surface area contributed by atoms with Crippen molar-refractivity contribution in [3.8, 4) is 5.75 Å². The van der Waals surface area contributed by atoms with Crippen molar-refractivity contribution in [2.24, 2.45) is 5.73 Å². The molecule has 19 heavy (non-hydrogen) atoms. The molecule has 0 aromatic heterocycles. The predicted molar refractivity (Wildman–Crippen MR) is 75.0 cm³/mol. The van der Waals surface area contributed by atoms with Crippen LogP contribution in [0.2, 0.25) is 5.02 Å². The monoisotopic (exact) mass is 279 g/mol. The Balaban J connectivity index is 2.18. The summed E-state index contributed by atoms with van der Waals surface area (Å²) in [4.78, 5) is 0. The Morgan fingerprint density at radius 1 is 1.21 bits per heavy atom. The Morgan fingerprint density at radius 2 is 1.89 bits per heavy atom. The van der Waals surface area contributed by atoms with Crippen LogP contribution in [0.25, 0.3) is 0 Å². The highest BCUT2D eigenvalue weighted by Gasteiger charge is 2.12. The van der Waals surface area contributed by atoms with Gasteiger partial charge in [-0.2, -0.15) is 0 Å². The van der Waals surface area contributed by atoms with Crippen LogP contribution in [0.5, 0.6) is 5.75 Å². The van der Waals surface area contributed by atoms with Crippen molar-refractivity contribution in [2.75, 3.05) is 6.54 Å². The van der Waals surface area contributed by atoms with E-state index in [2.05, 4.69) is 0 Å². The smallest absolute Gasteiger partial charge is 0.142 e. The van der Waals surface area contributed by atoms with Crippen molar-refractivity contribution in [3.63, 3.8) is 0 Å². The average molecular weight is 280 g/mol. The van der Waals surface area contributed by atoms with Gasteiger partial charge in [0, 0.05) is 12.6 Å². The van der Waals surface area contributed by atoms with E-state index in [0.717, 1.165) is 5.56 Å². The number of aryl methyl sites for hydroxylation is 1. The molecule has 2 aromatic carbocycles. The van der Waals surface area contributed by atoms with E-state index in [9.17, 15) is 4.39 Å². The molecule has 0 saturated carbocycles. The molecular weight excluding hydrogens is 265 g/mol. The Kier molecular flexibility index (Phi) is 4.40.